The zero-order chi connectivity index (χ0) is 25.0. The summed E-state index contributed by atoms with van der Waals surface area (Å²) in [5.41, 5.74) is -2.15. The van der Waals surface area contributed by atoms with Gasteiger partial charge in [-0.05, 0) is 43.3 Å². The molecular weight excluding hydrogens is 453 g/mol. The molecule has 0 spiro atoms. The van der Waals surface area contributed by atoms with Gasteiger partial charge in [0.2, 0.25) is 5.43 Å². The van der Waals surface area contributed by atoms with Gasteiger partial charge in [-0.3, -0.25) is 14.4 Å². The molecule has 3 aromatic rings. The summed E-state index contributed by atoms with van der Waals surface area (Å²) < 4.78 is 46.6. The van der Waals surface area contributed by atoms with E-state index in [1.165, 1.54) is 54.3 Å². The molecule has 0 bridgehead atoms. The van der Waals surface area contributed by atoms with Gasteiger partial charge in [0.1, 0.15) is 5.75 Å². The molecule has 1 N–H and O–H groups in total. The Balaban J connectivity index is 1.84. The molecule has 0 unspecified atom stereocenters. The van der Waals surface area contributed by atoms with Crippen molar-refractivity contribution in [3.63, 3.8) is 0 Å². The second-order valence-corrected chi connectivity index (χ2v) is 7.48. The van der Waals surface area contributed by atoms with Crippen molar-refractivity contribution in [3.8, 4) is 11.4 Å². The number of amides is 2. The lowest BCUT2D eigenvalue weighted by atomic mass is 10.1. The first-order valence-corrected chi connectivity index (χ1v) is 9.99. The number of aryl methyl sites for hydroxylation is 1. The van der Waals surface area contributed by atoms with E-state index in [1.54, 1.807) is 14.1 Å². The minimum Gasteiger partial charge on any atom is -0.484 e. The quantitative estimate of drug-likeness (QED) is 0.592. The van der Waals surface area contributed by atoms with Crippen molar-refractivity contribution < 1.29 is 27.5 Å². The van der Waals surface area contributed by atoms with Gasteiger partial charge in [0.25, 0.3) is 11.8 Å². The summed E-state index contributed by atoms with van der Waals surface area (Å²) in [6.07, 6.45) is -4.66. The van der Waals surface area contributed by atoms with Crippen molar-refractivity contribution in [2.75, 3.05) is 26.0 Å². The van der Waals surface area contributed by atoms with Crippen LogP contribution in [0.3, 0.4) is 0 Å². The van der Waals surface area contributed by atoms with Crippen LogP contribution in [0.2, 0.25) is 0 Å². The molecule has 0 aliphatic carbocycles. The highest BCUT2D eigenvalue weighted by Crippen LogP contribution is 2.33. The summed E-state index contributed by atoms with van der Waals surface area (Å²) in [7, 11) is 3.19. The fourth-order valence-electron chi connectivity index (χ4n) is 2.95. The van der Waals surface area contributed by atoms with Crippen LogP contribution >= 0.6 is 0 Å². The summed E-state index contributed by atoms with van der Waals surface area (Å²) in [5, 5.41) is 6.41. The summed E-state index contributed by atoms with van der Waals surface area (Å²) >= 11 is 0. The summed E-state index contributed by atoms with van der Waals surface area (Å²) in [4.78, 5) is 38.0. The molecule has 0 radical (unpaired) electrons. The lowest BCUT2D eigenvalue weighted by Crippen LogP contribution is -2.28. The SMILES string of the molecule is Cc1cc(=O)c(C(=O)Nc2ccc(OCC(=O)N(C)C)cc2)nn1-c1ccccc1C(F)(F)F. The Bertz CT molecular complexity index is 1270. The van der Waals surface area contributed by atoms with Crippen LogP contribution in [0.1, 0.15) is 21.7 Å². The van der Waals surface area contributed by atoms with E-state index in [4.69, 9.17) is 4.74 Å². The van der Waals surface area contributed by atoms with Crippen molar-refractivity contribution in [1.29, 1.82) is 0 Å². The Morgan fingerprint density at radius 2 is 1.74 bits per heavy atom. The van der Waals surface area contributed by atoms with Gasteiger partial charge in [0.15, 0.2) is 12.3 Å². The lowest BCUT2D eigenvalue weighted by molar-refractivity contribution is -0.137. The smallest absolute Gasteiger partial charge is 0.418 e. The van der Waals surface area contributed by atoms with Gasteiger partial charge in [-0.25, -0.2) is 4.68 Å². The van der Waals surface area contributed by atoms with E-state index in [0.29, 0.717) is 11.4 Å². The molecule has 0 atom stereocenters. The second kappa shape index (κ2) is 9.77. The third kappa shape index (κ3) is 5.61. The van der Waals surface area contributed by atoms with Crippen LogP contribution in [0, 0.1) is 6.92 Å². The molecule has 0 saturated heterocycles. The number of aromatic nitrogens is 2. The molecule has 0 fully saturated rings. The molecule has 2 amide bonds. The third-order valence-corrected chi connectivity index (χ3v) is 4.73. The van der Waals surface area contributed by atoms with E-state index >= 15 is 0 Å². The zero-order valence-electron chi connectivity index (χ0n) is 18.5. The molecule has 1 aromatic heterocycles. The van der Waals surface area contributed by atoms with Crippen LogP contribution in [-0.4, -0.2) is 47.2 Å². The maximum absolute atomic E-state index is 13.4. The molecule has 34 heavy (non-hydrogen) atoms. The highest BCUT2D eigenvalue weighted by atomic mass is 19.4. The number of para-hydroxylation sites is 1. The van der Waals surface area contributed by atoms with Crippen LogP contribution in [0.25, 0.3) is 5.69 Å². The maximum Gasteiger partial charge on any atom is 0.418 e. The average Bonchev–Trinajstić information content (AvgIpc) is 2.77. The van der Waals surface area contributed by atoms with Gasteiger partial charge in [-0.2, -0.15) is 18.3 Å². The Hall–Kier alpha value is -4.15. The number of carbonyl (C=O) groups is 2. The minimum atomic E-state index is -4.66. The van der Waals surface area contributed by atoms with Gasteiger partial charge >= 0.3 is 6.18 Å². The Kier molecular flexibility index (Phi) is 7.04. The number of halogens is 3. The summed E-state index contributed by atoms with van der Waals surface area (Å²) in [5.74, 6) is -0.737. The molecule has 8 nitrogen and oxygen atoms in total. The Morgan fingerprint density at radius 3 is 2.35 bits per heavy atom. The third-order valence-electron chi connectivity index (χ3n) is 4.73. The molecular formula is C23H21F3N4O4. The monoisotopic (exact) mass is 474 g/mol. The number of alkyl halides is 3. The van der Waals surface area contributed by atoms with Crippen LogP contribution in [0.15, 0.2) is 59.4 Å². The Labute approximate surface area is 192 Å². The number of ether oxygens (including phenoxy) is 1. The van der Waals surface area contributed by atoms with E-state index in [-0.39, 0.29) is 23.9 Å². The van der Waals surface area contributed by atoms with Gasteiger partial charge in [0.05, 0.1) is 11.3 Å². The molecule has 178 valence electrons. The summed E-state index contributed by atoms with van der Waals surface area (Å²) in [6, 6.07) is 11.8. The minimum absolute atomic E-state index is 0.132. The first-order valence-electron chi connectivity index (χ1n) is 9.99. The first kappa shape index (κ1) is 24.5. The standard InChI is InChI=1S/C23H21F3N4O4/c1-14-12-19(31)21(28-30(14)18-7-5-4-6-17(18)23(24,25)26)22(33)27-15-8-10-16(11-9-15)34-13-20(32)29(2)3/h4-12H,13H2,1-3H3,(H,27,33). The van der Waals surface area contributed by atoms with Crippen molar-refractivity contribution >= 4 is 17.5 Å². The van der Waals surface area contributed by atoms with Crippen molar-refractivity contribution in [3.05, 3.63) is 81.8 Å². The number of rotatable bonds is 6. The largest absolute Gasteiger partial charge is 0.484 e. The predicted octanol–water partition coefficient (Wildman–Crippen LogP) is 3.28. The topological polar surface area (TPSA) is 93.5 Å². The van der Waals surface area contributed by atoms with Crippen LogP contribution in [0.4, 0.5) is 18.9 Å². The predicted molar refractivity (Wildman–Crippen MR) is 118 cm³/mol. The van der Waals surface area contributed by atoms with Gasteiger partial charge in [0, 0.05) is 31.5 Å². The molecule has 0 aliphatic rings. The molecule has 2 aromatic carbocycles. The normalized spacial score (nSPS) is 11.1. The van der Waals surface area contributed by atoms with Crippen molar-refractivity contribution in [1.82, 2.24) is 14.7 Å². The average molecular weight is 474 g/mol. The van der Waals surface area contributed by atoms with Gasteiger partial charge in [-0.15, -0.1) is 0 Å². The molecule has 0 saturated carbocycles. The Morgan fingerprint density at radius 1 is 1.09 bits per heavy atom. The molecule has 11 heteroatoms. The highest BCUT2D eigenvalue weighted by Gasteiger charge is 2.34. The molecule has 0 aliphatic heterocycles. The van der Waals surface area contributed by atoms with Crippen LogP contribution < -0.4 is 15.5 Å². The molecule has 3 rings (SSSR count). The lowest BCUT2D eigenvalue weighted by Gasteiger charge is -2.16. The number of hydrogen-bond donors (Lipinski definition) is 1. The second-order valence-electron chi connectivity index (χ2n) is 7.48. The van der Waals surface area contributed by atoms with E-state index in [9.17, 15) is 27.6 Å². The zero-order valence-corrected chi connectivity index (χ0v) is 18.5. The van der Waals surface area contributed by atoms with Crippen molar-refractivity contribution in [2.45, 2.75) is 13.1 Å². The van der Waals surface area contributed by atoms with Gasteiger partial charge in [-0.1, -0.05) is 12.1 Å². The first-order chi connectivity index (χ1) is 16.0. The number of likely N-dealkylation sites (N-methyl/N-ethyl adjacent to an activating group) is 1. The van der Waals surface area contributed by atoms with Crippen LogP contribution in [-0.2, 0) is 11.0 Å². The van der Waals surface area contributed by atoms with E-state index in [0.717, 1.165) is 16.8 Å². The maximum atomic E-state index is 13.4. The van der Waals surface area contributed by atoms with Crippen LogP contribution in [0.5, 0.6) is 5.75 Å². The summed E-state index contributed by atoms with van der Waals surface area (Å²) in [6.45, 7) is 1.26. The van der Waals surface area contributed by atoms with E-state index < -0.39 is 28.8 Å². The number of hydrogen-bond acceptors (Lipinski definition) is 5. The fraction of sp³-hybridized carbons (Fsp3) is 0.217. The van der Waals surface area contributed by atoms with E-state index in [1.807, 2.05) is 0 Å². The fourth-order valence-corrected chi connectivity index (χ4v) is 2.95. The number of nitrogens with one attached hydrogen (secondary N) is 1. The number of carbonyl (C=O) groups excluding carboxylic acids is 2. The molecule has 1 heterocycles. The number of anilines is 1. The van der Waals surface area contributed by atoms with E-state index in [2.05, 4.69) is 10.4 Å². The number of benzene rings is 2. The van der Waals surface area contributed by atoms with Crippen molar-refractivity contribution in [2.24, 2.45) is 0 Å². The van der Waals surface area contributed by atoms with Gasteiger partial charge < -0.3 is 15.0 Å². The highest BCUT2D eigenvalue weighted by molar-refractivity contribution is 6.02. The number of nitrogens with zero attached hydrogens (tertiary/aromatic N) is 3.